The van der Waals surface area contributed by atoms with Crippen LogP contribution in [0.4, 0.5) is 0 Å². The van der Waals surface area contributed by atoms with Crippen LogP contribution in [0.15, 0.2) is 41.1 Å². The van der Waals surface area contributed by atoms with Crippen molar-refractivity contribution in [2.45, 2.75) is 45.1 Å². The third kappa shape index (κ3) is 3.39. The van der Waals surface area contributed by atoms with Crippen LogP contribution in [0.2, 0.25) is 0 Å². The number of benzene rings is 1. The van der Waals surface area contributed by atoms with Crippen molar-refractivity contribution in [2.75, 3.05) is 6.54 Å². The first-order valence-corrected chi connectivity index (χ1v) is 10.2. The number of hydrogen-bond donors (Lipinski definition) is 1. The first kappa shape index (κ1) is 17.9. The maximum atomic E-state index is 12.6. The molecule has 0 bridgehead atoms. The van der Waals surface area contributed by atoms with Gasteiger partial charge in [-0.05, 0) is 61.6 Å². The number of aromatic nitrogens is 2. The van der Waals surface area contributed by atoms with E-state index in [0.717, 1.165) is 71.6 Å². The number of carbonyl (C=O) groups excluding carboxylic acids is 1. The smallest absolute Gasteiger partial charge is 0.273 e. The molecule has 1 N–H and O–H groups in total. The second-order valence-electron chi connectivity index (χ2n) is 7.79. The molecule has 0 saturated heterocycles. The van der Waals surface area contributed by atoms with Gasteiger partial charge in [0.15, 0.2) is 5.69 Å². The SMILES string of the molecule is Cc1cccnc1-c1ccc2c(c1)CC(CNC(=O)c1noc3c1CCCC3)O2. The molecule has 6 nitrogen and oxygen atoms in total. The van der Waals surface area contributed by atoms with Gasteiger partial charge in [0.1, 0.15) is 17.6 Å². The number of nitrogens with one attached hydrogen (secondary N) is 1. The molecular formula is C23H23N3O3. The molecule has 3 aromatic rings. The van der Waals surface area contributed by atoms with Gasteiger partial charge in [-0.1, -0.05) is 11.2 Å². The van der Waals surface area contributed by atoms with Gasteiger partial charge in [-0.3, -0.25) is 9.78 Å². The Morgan fingerprint density at radius 3 is 3.03 bits per heavy atom. The molecule has 1 unspecified atom stereocenters. The molecule has 0 spiro atoms. The number of fused-ring (bicyclic) bond motifs is 2. The van der Waals surface area contributed by atoms with Crippen molar-refractivity contribution in [3.05, 3.63) is 64.7 Å². The van der Waals surface area contributed by atoms with Gasteiger partial charge in [0, 0.05) is 30.2 Å². The van der Waals surface area contributed by atoms with Crippen LogP contribution in [0.25, 0.3) is 11.3 Å². The zero-order valence-corrected chi connectivity index (χ0v) is 16.4. The van der Waals surface area contributed by atoms with E-state index in [4.69, 9.17) is 9.26 Å². The van der Waals surface area contributed by atoms with Crippen LogP contribution in [-0.4, -0.2) is 28.7 Å². The van der Waals surface area contributed by atoms with E-state index in [1.54, 1.807) is 0 Å². The Bertz CT molecular complexity index is 1070. The molecule has 1 amide bonds. The standard InChI is InChI=1S/C23H23N3O3/c1-14-5-4-10-24-21(14)15-8-9-19-16(11-15)12-17(28-19)13-25-23(27)22-18-6-2-3-7-20(18)29-26-22/h4-5,8-11,17H,2-3,6-7,12-13H2,1H3,(H,25,27). The lowest BCUT2D eigenvalue weighted by Crippen LogP contribution is -2.35. The molecule has 2 aliphatic rings. The molecule has 5 rings (SSSR count). The topological polar surface area (TPSA) is 77.3 Å². The number of pyridine rings is 1. The normalized spacial score (nSPS) is 17.3. The van der Waals surface area contributed by atoms with Gasteiger partial charge in [-0.15, -0.1) is 0 Å². The van der Waals surface area contributed by atoms with Crippen LogP contribution < -0.4 is 10.1 Å². The van der Waals surface area contributed by atoms with Gasteiger partial charge in [0.2, 0.25) is 0 Å². The van der Waals surface area contributed by atoms with E-state index in [-0.39, 0.29) is 12.0 Å². The van der Waals surface area contributed by atoms with Gasteiger partial charge in [-0.2, -0.15) is 0 Å². The molecular weight excluding hydrogens is 366 g/mol. The minimum Gasteiger partial charge on any atom is -0.488 e. The van der Waals surface area contributed by atoms with Gasteiger partial charge >= 0.3 is 0 Å². The van der Waals surface area contributed by atoms with Crippen molar-refractivity contribution >= 4 is 5.91 Å². The Morgan fingerprint density at radius 2 is 2.14 bits per heavy atom. The number of aryl methyl sites for hydroxylation is 2. The van der Waals surface area contributed by atoms with Crippen molar-refractivity contribution in [3.8, 4) is 17.0 Å². The van der Waals surface area contributed by atoms with E-state index in [9.17, 15) is 4.79 Å². The molecule has 2 aromatic heterocycles. The molecule has 1 aliphatic carbocycles. The van der Waals surface area contributed by atoms with Gasteiger partial charge < -0.3 is 14.6 Å². The summed E-state index contributed by atoms with van der Waals surface area (Å²) in [4.78, 5) is 17.1. The maximum absolute atomic E-state index is 12.6. The Balaban J connectivity index is 1.25. The maximum Gasteiger partial charge on any atom is 0.273 e. The average molecular weight is 389 g/mol. The number of carbonyl (C=O) groups is 1. The second-order valence-corrected chi connectivity index (χ2v) is 7.79. The summed E-state index contributed by atoms with van der Waals surface area (Å²) in [7, 11) is 0. The largest absolute Gasteiger partial charge is 0.488 e. The molecule has 29 heavy (non-hydrogen) atoms. The second kappa shape index (κ2) is 7.35. The average Bonchev–Trinajstić information content (AvgIpc) is 3.35. The third-order valence-electron chi connectivity index (χ3n) is 5.74. The van der Waals surface area contributed by atoms with E-state index >= 15 is 0 Å². The lowest BCUT2D eigenvalue weighted by molar-refractivity contribution is 0.0923. The summed E-state index contributed by atoms with van der Waals surface area (Å²) in [5, 5.41) is 6.97. The van der Waals surface area contributed by atoms with Crippen LogP contribution in [0.1, 0.15) is 45.8 Å². The fourth-order valence-electron chi connectivity index (χ4n) is 4.22. The monoisotopic (exact) mass is 389 g/mol. The summed E-state index contributed by atoms with van der Waals surface area (Å²) in [5.41, 5.74) is 5.77. The summed E-state index contributed by atoms with van der Waals surface area (Å²) in [6, 6.07) is 10.2. The molecule has 1 atom stereocenters. The number of rotatable bonds is 4. The highest BCUT2D eigenvalue weighted by atomic mass is 16.5. The minimum absolute atomic E-state index is 0.0863. The summed E-state index contributed by atoms with van der Waals surface area (Å²) >= 11 is 0. The quantitative estimate of drug-likeness (QED) is 0.737. The number of hydrogen-bond acceptors (Lipinski definition) is 5. The zero-order chi connectivity index (χ0) is 19.8. The molecule has 148 valence electrons. The molecule has 1 aromatic carbocycles. The van der Waals surface area contributed by atoms with Crippen LogP contribution in [0.5, 0.6) is 5.75 Å². The van der Waals surface area contributed by atoms with E-state index < -0.39 is 0 Å². The highest BCUT2D eigenvalue weighted by molar-refractivity contribution is 5.93. The Kier molecular flexibility index (Phi) is 4.54. The van der Waals surface area contributed by atoms with Gasteiger partial charge in [-0.25, -0.2) is 0 Å². The highest BCUT2D eigenvalue weighted by Gasteiger charge is 2.27. The summed E-state index contributed by atoms with van der Waals surface area (Å²) in [6.07, 6.45) is 6.39. The molecule has 1 aliphatic heterocycles. The van der Waals surface area contributed by atoms with Gasteiger partial charge in [0.25, 0.3) is 5.91 Å². The predicted molar refractivity (Wildman–Crippen MR) is 108 cm³/mol. The predicted octanol–water partition coefficient (Wildman–Crippen LogP) is 3.66. The third-order valence-corrected chi connectivity index (χ3v) is 5.74. The van der Waals surface area contributed by atoms with E-state index in [2.05, 4.69) is 34.5 Å². The highest BCUT2D eigenvalue weighted by Crippen LogP contribution is 2.33. The Morgan fingerprint density at radius 1 is 1.24 bits per heavy atom. The Labute approximate surface area is 169 Å². The Hall–Kier alpha value is -3.15. The lowest BCUT2D eigenvalue weighted by Gasteiger charge is -2.12. The summed E-state index contributed by atoms with van der Waals surface area (Å²) in [5.74, 6) is 1.56. The van der Waals surface area contributed by atoms with E-state index in [0.29, 0.717) is 12.2 Å². The van der Waals surface area contributed by atoms with Crippen molar-refractivity contribution in [1.82, 2.24) is 15.5 Å². The fraction of sp³-hybridized carbons (Fsp3) is 0.348. The molecule has 0 saturated carbocycles. The van der Waals surface area contributed by atoms with Crippen molar-refractivity contribution in [3.63, 3.8) is 0 Å². The van der Waals surface area contributed by atoms with Crippen LogP contribution >= 0.6 is 0 Å². The zero-order valence-electron chi connectivity index (χ0n) is 16.4. The summed E-state index contributed by atoms with van der Waals surface area (Å²) in [6.45, 7) is 2.50. The molecule has 0 fully saturated rings. The number of ether oxygens (including phenoxy) is 1. The first-order valence-electron chi connectivity index (χ1n) is 10.2. The fourth-order valence-corrected chi connectivity index (χ4v) is 4.22. The van der Waals surface area contributed by atoms with Crippen molar-refractivity contribution in [1.29, 1.82) is 0 Å². The number of nitrogens with zero attached hydrogens (tertiary/aromatic N) is 2. The number of amides is 1. The van der Waals surface area contributed by atoms with Crippen LogP contribution in [-0.2, 0) is 19.3 Å². The van der Waals surface area contributed by atoms with E-state index in [1.807, 2.05) is 24.4 Å². The molecule has 6 heteroatoms. The van der Waals surface area contributed by atoms with Crippen LogP contribution in [0, 0.1) is 6.92 Å². The van der Waals surface area contributed by atoms with Crippen LogP contribution in [0.3, 0.4) is 0 Å². The lowest BCUT2D eigenvalue weighted by atomic mass is 9.96. The van der Waals surface area contributed by atoms with Crippen molar-refractivity contribution in [2.24, 2.45) is 0 Å². The van der Waals surface area contributed by atoms with E-state index in [1.165, 1.54) is 0 Å². The minimum atomic E-state index is -0.179. The molecule has 0 radical (unpaired) electrons. The first-order chi connectivity index (χ1) is 14.2. The molecule has 3 heterocycles. The van der Waals surface area contributed by atoms with Crippen molar-refractivity contribution < 1.29 is 14.1 Å². The summed E-state index contributed by atoms with van der Waals surface area (Å²) < 4.78 is 11.4. The van der Waals surface area contributed by atoms with Gasteiger partial charge in [0.05, 0.1) is 12.2 Å².